The standard InChI is InChI=1S/C14H12F3N3O3/c15-14(16,17)10-6-11(23-8-12(21)22)20-13(19-10)18-7-9-4-2-1-3-5-9/h1-6H,7-8H2,(H,21,22)(H,18,19,20). The first-order valence-corrected chi connectivity index (χ1v) is 6.43. The van der Waals surface area contributed by atoms with E-state index in [0.29, 0.717) is 6.07 Å². The van der Waals surface area contributed by atoms with Crippen LogP contribution >= 0.6 is 0 Å². The first-order valence-electron chi connectivity index (χ1n) is 6.43. The maximum absolute atomic E-state index is 12.8. The van der Waals surface area contributed by atoms with E-state index in [-0.39, 0.29) is 12.5 Å². The Hall–Kier alpha value is -2.84. The minimum atomic E-state index is -4.70. The van der Waals surface area contributed by atoms with E-state index in [2.05, 4.69) is 15.3 Å². The predicted octanol–water partition coefficient (Wildman–Crippen LogP) is 2.57. The first-order chi connectivity index (χ1) is 10.8. The summed E-state index contributed by atoms with van der Waals surface area (Å²) >= 11 is 0. The van der Waals surface area contributed by atoms with Crippen LogP contribution < -0.4 is 10.1 Å². The van der Waals surface area contributed by atoms with Crippen LogP contribution in [0.2, 0.25) is 0 Å². The number of carbonyl (C=O) groups is 1. The van der Waals surface area contributed by atoms with Gasteiger partial charge in [-0.2, -0.15) is 18.2 Å². The van der Waals surface area contributed by atoms with Gasteiger partial charge in [0.1, 0.15) is 0 Å². The van der Waals surface area contributed by atoms with E-state index in [4.69, 9.17) is 9.84 Å². The molecular formula is C14H12F3N3O3. The zero-order valence-electron chi connectivity index (χ0n) is 11.7. The Balaban J connectivity index is 2.19. The van der Waals surface area contributed by atoms with Crippen molar-refractivity contribution < 1.29 is 27.8 Å². The number of halogens is 3. The molecule has 0 atom stereocenters. The van der Waals surface area contributed by atoms with Gasteiger partial charge in [0.05, 0.1) is 0 Å². The highest BCUT2D eigenvalue weighted by Crippen LogP contribution is 2.30. The fourth-order valence-electron chi connectivity index (χ4n) is 1.64. The predicted molar refractivity (Wildman–Crippen MR) is 73.9 cm³/mol. The highest BCUT2D eigenvalue weighted by Gasteiger charge is 2.34. The summed E-state index contributed by atoms with van der Waals surface area (Å²) < 4.78 is 43.2. The van der Waals surface area contributed by atoms with E-state index in [1.54, 1.807) is 24.3 Å². The number of carboxylic acids is 1. The van der Waals surface area contributed by atoms with Crippen molar-refractivity contribution in [1.82, 2.24) is 9.97 Å². The molecule has 1 aromatic carbocycles. The number of ether oxygens (including phenoxy) is 1. The van der Waals surface area contributed by atoms with E-state index in [9.17, 15) is 18.0 Å². The Morgan fingerprint density at radius 3 is 2.52 bits per heavy atom. The lowest BCUT2D eigenvalue weighted by atomic mass is 10.2. The number of nitrogens with zero attached hydrogens (tertiary/aromatic N) is 2. The van der Waals surface area contributed by atoms with Gasteiger partial charge in [0, 0.05) is 12.6 Å². The molecule has 0 spiro atoms. The van der Waals surface area contributed by atoms with Gasteiger partial charge in [-0.05, 0) is 5.56 Å². The van der Waals surface area contributed by atoms with Crippen LogP contribution in [0.5, 0.6) is 5.88 Å². The molecule has 2 rings (SSSR count). The third-order valence-corrected chi connectivity index (χ3v) is 2.63. The smallest absolute Gasteiger partial charge is 0.433 e. The molecule has 1 heterocycles. The number of hydrogen-bond donors (Lipinski definition) is 2. The van der Waals surface area contributed by atoms with Gasteiger partial charge in [-0.1, -0.05) is 30.3 Å². The summed E-state index contributed by atoms with van der Waals surface area (Å²) in [7, 11) is 0. The van der Waals surface area contributed by atoms with Crippen LogP contribution in [0.1, 0.15) is 11.3 Å². The third-order valence-electron chi connectivity index (χ3n) is 2.63. The third kappa shape index (κ3) is 5.13. The summed E-state index contributed by atoms with van der Waals surface area (Å²) in [6, 6.07) is 9.49. The van der Waals surface area contributed by atoms with Crippen LogP contribution in [0, 0.1) is 0 Å². The lowest BCUT2D eigenvalue weighted by Gasteiger charge is -2.11. The number of alkyl halides is 3. The number of aliphatic carboxylic acids is 1. The second-order valence-electron chi connectivity index (χ2n) is 4.43. The molecule has 0 radical (unpaired) electrons. The molecule has 1 aromatic heterocycles. The quantitative estimate of drug-likeness (QED) is 0.848. The van der Waals surface area contributed by atoms with E-state index in [0.717, 1.165) is 5.56 Å². The van der Waals surface area contributed by atoms with Gasteiger partial charge in [0.2, 0.25) is 11.8 Å². The molecule has 0 aliphatic carbocycles. The lowest BCUT2D eigenvalue weighted by molar-refractivity contribution is -0.141. The lowest BCUT2D eigenvalue weighted by Crippen LogP contribution is -2.15. The average Bonchev–Trinajstić information content (AvgIpc) is 2.51. The Kier molecular flexibility index (Phi) is 4.99. The van der Waals surface area contributed by atoms with Gasteiger partial charge in [0.15, 0.2) is 12.3 Å². The van der Waals surface area contributed by atoms with Crippen molar-refractivity contribution in [2.24, 2.45) is 0 Å². The summed E-state index contributed by atoms with van der Waals surface area (Å²) in [6.45, 7) is -0.590. The molecule has 2 N–H and O–H groups in total. The molecule has 0 aliphatic rings. The summed E-state index contributed by atoms with van der Waals surface area (Å²) in [5.74, 6) is -2.09. The fourth-order valence-corrected chi connectivity index (χ4v) is 1.64. The minimum Gasteiger partial charge on any atom is -0.479 e. The molecule has 0 saturated carbocycles. The molecule has 0 fully saturated rings. The maximum atomic E-state index is 12.8. The van der Waals surface area contributed by atoms with Crippen molar-refractivity contribution >= 4 is 11.9 Å². The van der Waals surface area contributed by atoms with Crippen LogP contribution in [-0.2, 0) is 17.5 Å². The number of carboxylic acid groups (broad SMARTS) is 1. The second-order valence-corrected chi connectivity index (χ2v) is 4.43. The summed E-state index contributed by atoms with van der Waals surface area (Å²) in [5, 5.41) is 11.2. The van der Waals surface area contributed by atoms with E-state index in [1.807, 2.05) is 6.07 Å². The van der Waals surface area contributed by atoms with Crippen molar-refractivity contribution in [3.05, 3.63) is 47.7 Å². The second kappa shape index (κ2) is 6.95. The van der Waals surface area contributed by atoms with Gasteiger partial charge < -0.3 is 15.2 Å². The van der Waals surface area contributed by atoms with Crippen molar-refractivity contribution in [2.45, 2.75) is 12.7 Å². The summed E-state index contributed by atoms with van der Waals surface area (Å²) in [6.07, 6.45) is -4.70. The van der Waals surface area contributed by atoms with Crippen molar-refractivity contribution in [2.75, 3.05) is 11.9 Å². The van der Waals surface area contributed by atoms with Crippen molar-refractivity contribution in [1.29, 1.82) is 0 Å². The van der Waals surface area contributed by atoms with Crippen LogP contribution in [0.15, 0.2) is 36.4 Å². The summed E-state index contributed by atoms with van der Waals surface area (Å²) in [4.78, 5) is 17.5. The minimum absolute atomic E-state index is 0.209. The number of nitrogens with one attached hydrogen (secondary N) is 1. The van der Waals surface area contributed by atoms with Crippen LogP contribution in [-0.4, -0.2) is 27.7 Å². The number of benzene rings is 1. The Bertz CT molecular complexity index is 678. The van der Waals surface area contributed by atoms with Crippen LogP contribution in [0.3, 0.4) is 0 Å². The Morgan fingerprint density at radius 2 is 1.91 bits per heavy atom. The normalized spacial score (nSPS) is 11.1. The van der Waals surface area contributed by atoms with Crippen molar-refractivity contribution in [3.8, 4) is 5.88 Å². The molecule has 0 saturated heterocycles. The number of rotatable bonds is 6. The SMILES string of the molecule is O=C(O)COc1cc(C(F)(F)F)nc(NCc2ccccc2)n1. The van der Waals surface area contributed by atoms with E-state index < -0.39 is 30.3 Å². The number of aromatic nitrogens is 2. The van der Waals surface area contributed by atoms with Crippen molar-refractivity contribution in [3.63, 3.8) is 0 Å². The van der Waals surface area contributed by atoms with E-state index in [1.165, 1.54) is 0 Å². The first kappa shape index (κ1) is 16.5. The van der Waals surface area contributed by atoms with Gasteiger partial charge in [-0.15, -0.1) is 0 Å². The van der Waals surface area contributed by atoms with Gasteiger partial charge in [-0.3, -0.25) is 0 Å². The average molecular weight is 327 g/mol. The molecule has 9 heteroatoms. The van der Waals surface area contributed by atoms with Gasteiger partial charge >= 0.3 is 12.1 Å². The zero-order chi connectivity index (χ0) is 16.9. The molecule has 0 unspecified atom stereocenters. The molecule has 6 nitrogen and oxygen atoms in total. The van der Waals surface area contributed by atoms with Gasteiger partial charge in [-0.25, -0.2) is 9.78 Å². The van der Waals surface area contributed by atoms with Crippen LogP contribution in [0.25, 0.3) is 0 Å². The Labute approximate surface area is 129 Å². The van der Waals surface area contributed by atoms with E-state index >= 15 is 0 Å². The van der Waals surface area contributed by atoms with Crippen LogP contribution in [0.4, 0.5) is 19.1 Å². The molecule has 122 valence electrons. The summed E-state index contributed by atoms with van der Waals surface area (Å²) in [5.41, 5.74) is -0.398. The highest BCUT2D eigenvalue weighted by atomic mass is 19.4. The molecule has 0 aliphatic heterocycles. The molecule has 0 amide bonds. The number of anilines is 1. The molecule has 2 aromatic rings. The van der Waals surface area contributed by atoms with Gasteiger partial charge in [0.25, 0.3) is 0 Å². The molecule has 0 bridgehead atoms. The fraction of sp³-hybridized carbons (Fsp3) is 0.214. The Morgan fingerprint density at radius 1 is 1.22 bits per heavy atom. The largest absolute Gasteiger partial charge is 0.479 e. The number of hydrogen-bond acceptors (Lipinski definition) is 5. The maximum Gasteiger partial charge on any atom is 0.433 e. The molecular weight excluding hydrogens is 315 g/mol. The topological polar surface area (TPSA) is 84.3 Å². The zero-order valence-corrected chi connectivity index (χ0v) is 11.7. The monoisotopic (exact) mass is 327 g/mol. The molecule has 23 heavy (non-hydrogen) atoms. The highest BCUT2D eigenvalue weighted by molar-refractivity contribution is 5.68.